The lowest BCUT2D eigenvalue weighted by molar-refractivity contribution is 0.139. The van der Waals surface area contributed by atoms with Gasteiger partial charge in [0.2, 0.25) is 0 Å². The van der Waals surface area contributed by atoms with Gasteiger partial charge >= 0.3 is 0 Å². The van der Waals surface area contributed by atoms with Crippen molar-refractivity contribution in [1.82, 2.24) is 10.2 Å². The summed E-state index contributed by atoms with van der Waals surface area (Å²) in [6.07, 6.45) is 3.92. The first-order valence-corrected chi connectivity index (χ1v) is 6.08. The molecule has 1 unspecified atom stereocenters. The van der Waals surface area contributed by atoms with E-state index in [-0.39, 0.29) is 0 Å². The molecule has 1 N–H and O–H groups in total. The zero-order valence-electron chi connectivity index (χ0n) is 10.3. The molecule has 2 heteroatoms. The van der Waals surface area contributed by atoms with Crippen molar-refractivity contribution >= 4 is 0 Å². The molecule has 84 valence electrons. The van der Waals surface area contributed by atoms with E-state index in [2.05, 4.69) is 37.9 Å². The molecule has 1 fully saturated rings. The van der Waals surface area contributed by atoms with Crippen molar-refractivity contribution in [2.75, 3.05) is 19.6 Å². The molecular formula is C12H26N2. The second-order valence-electron chi connectivity index (χ2n) is 5.05. The summed E-state index contributed by atoms with van der Waals surface area (Å²) in [7, 11) is 0. The fourth-order valence-corrected chi connectivity index (χ4v) is 2.54. The highest BCUT2D eigenvalue weighted by Gasteiger charge is 2.32. The summed E-state index contributed by atoms with van der Waals surface area (Å²) in [5.41, 5.74) is 0.402. The van der Waals surface area contributed by atoms with Gasteiger partial charge in [0.05, 0.1) is 0 Å². The van der Waals surface area contributed by atoms with Gasteiger partial charge in [0.1, 0.15) is 0 Å². The lowest BCUT2D eigenvalue weighted by Gasteiger charge is -2.35. The van der Waals surface area contributed by atoms with Crippen LogP contribution in [-0.2, 0) is 0 Å². The Morgan fingerprint density at radius 1 is 1.36 bits per heavy atom. The molecule has 14 heavy (non-hydrogen) atoms. The first kappa shape index (κ1) is 12.0. The Kier molecular flexibility index (Phi) is 4.39. The van der Waals surface area contributed by atoms with E-state index in [1.807, 2.05) is 0 Å². The first-order chi connectivity index (χ1) is 6.60. The Hall–Kier alpha value is -0.0800. The van der Waals surface area contributed by atoms with Gasteiger partial charge in [0.15, 0.2) is 0 Å². The van der Waals surface area contributed by atoms with E-state index in [0.717, 1.165) is 12.6 Å². The van der Waals surface area contributed by atoms with E-state index < -0.39 is 0 Å². The van der Waals surface area contributed by atoms with Crippen molar-refractivity contribution in [2.45, 2.75) is 58.5 Å². The van der Waals surface area contributed by atoms with Crippen molar-refractivity contribution in [1.29, 1.82) is 0 Å². The van der Waals surface area contributed by atoms with Crippen LogP contribution in [0.4, 0.5) is 0 Å². The van der Waals surface area contributed by atoms with Crippen molar-refractivity contribution in [2.24, 2.45) is 0 Å². The lowest BCUT2D eigenvalue weighted by atomic mass is 9.97. The van der Waals surface area contributed by atoms with Crippen molar-refractivity contribution < 1.29 is 0 Å². The van der Waals surface area contributed by atoms with Crippen LogP contribution in [0.5, 0.6) is 0 Å². The maximum atomic E-state index is 3.55. The number of hydrogen-bond acceptors (Lipinski definition) is 2. The Labute approximate surface area is 89.1 Å². The maximum absolute atomic E-state index is 3.55. The van der Waals surface area contributed by atoms with E-state index in [1.165, 1.54) is 32.4 Å². The molecule has 0 bridgehead atoms. The summed E-state index contributed by atoms with van der Waals surface area (Å²) in [4.78, 5) is 2.64. The second-order valence-corrected chi connectivity index (χ2v) is 5.05. The maximum Gasteiger partial charge on any atom is 0.0207 e. The van der Waals surface area contributed by atoms with Crippen LogP contribution in [0.1, 0.15) is 47.0 Å². The minimum absolute atomic E-state index is 0.402. The number of likely N-dealkylation sites (tertiary alicyclic amines) is 1. The Balaban J connectivity index is 2.40. The molecule has 0 aliphatic carbocycles. The van der Waals surface area contributed by atoms with Gasteiger partial charge in [0, 0.05) is 24.7 Å². The van der Waals surface area contributed by atoms with Crippen LogP contribution in [0, 0.1) is 0 Å². The average molecular weight is 198 g/mol. The molecule has 0 spiro atoms. The molecule has 0 aromatic carbocycles. The highest BCUT2D eigenvalue weighted by atomic mass is 15.2. The monoisotopic (exact) mass is 198 g/mol. The fourth-order valence-electron chi connectivity index (χ4n) is 2.54. The van der Waals surface area contributed by atoms with Crippen LogP contribution in [-0.4, -0.2) is 36.1 Å². The number of nitrogens with one attached hydrogen (secondary N) is 1. The zero-order chi connectivity index (χ0) is 10.6. The van der Waals surface area contributed by atoms with Crippen LogP contribution in [0.2, 0.25) is 0 Å². The van der Waals surface area contributed by atoms with E-state index in [4.69, 9.17) is 0 Å². The molecule has 1 aliphatic heterocycles. The number of hydrogen-bond donors (Lipinski definition) is 1. The standard InChI is InChI=1S/C12H26N2/c1-5-8-12(3,4)14-9-7-11(10-14)13-6-2/h11,13H,5-10H2,1-4H3. The highest BCUT2D eigenvalue weighted by Crippen LogP contribution is 2.25. The predicted molar refractivity (Wildman–Crippen MR) is 62.6 cm³/mol. The number of nitrogens with zero attached hydrogens (tertiary/aromatic N) is 1. The van der Waals surface area contributed by atoms with Gasteiger partial charge < -0.3 is 5.32 Å². The molecule has 1 saturated heterocycles. The molecule has 2 nitrogen and oxygen atoms in total. The Bertz CT molecular complexity index is 166. The zero-order valence-corrected chi connectivity index (χ0v) is 10.3. The summed E-state index contributed by atoms with van der Waals surface area (Å²) >= 11 is 0. The van der Waals surface area contributed by atoms with Gasteiger partial charge in [-0.3, -0.25) is 4.90 Å². The molecule has 1 atom stereocenters. The molecular weight excluding hydrogens is 172 g/mol. The van der Waals surface area contributed by atoms with Crippen molar-refractivity contribution in [3.05, 3.63) is 0 Å². The van der Waals surface area contributed by atoms with Crippen LogP contribution in [0.15, 0.2) is 0 Å². The van der Waals surface area contributed by atoms with Gasteiger partial charge in [-0.25, -0.2) is 0 Å². The number of likely N-dealkylation sites (N-methyl/N-ethyl adjacent to an activating group) is 1. The third kappa shape index (κ3) is 2.96. The van der Waals surface area contributed by atoms with E-state index in [1.54, 1.807) is 0 Å². The molecule has 0 aromatic rings. The molecule has 1 rings (SSSR count). The summed E-state index contributed by atoms with van der Waals surface area (Å²) in [6.45, 7) is 12.8. The van der Waals surface area contributed by atoms with Crippen LogP contribution >= 0.6 is 0 Å². The summed E-state index contributed by atoms with van der Waals surface area (Å²) in [6, 6.07) is 0.733. The minimum Gasteiger partial charge on any atom is -0.313 e. The SMILES string of the molecule is CCCC(C)(C)N1CCC(NCC)C1. The first-order valence-electron chi connectivity index (χ1n) is 6.08. The molecule has 0 aromatic heterocycles. The van der Waals surface area contributed by atoms with Gasteiger partial charge in [-0.05, 0) is 33.2 Å². The van der Waals surface area contributed by atoms with Crippen LogP contribution in [0.25, 0.3) is 0 Å². The van der Waals surface area contributed by atoms with E-state index in [0.29, 0.717) is 5.54 Å². The number of rotatable bonds is 5. The van der Waals surface area contributed by atoms with Gasteiger partial charge in [0.25, 0.3) is 0 Å². The highest BCUT2D eigenvalue weighted by molar-refractivity contribution is 4.90. The topological polar surface area (TPSA) is 15.3 Å². The Morgan fingerprint density at radius 3 is 2.64 bits per heavy atom. The molecule has 0 saturated carbocycles. The third-order valence-electron chi connectivity index (χ3n) is 3.40. The third-order valence-corrected chi connectivity index (χ3v) is 3.40. The van der Waals surface area contributed by atoms with Gasteiger partial charge in [-0.15, -0.1) is 0 Å². The largest absolute Gasteiger partial charge is 0.313 e. The molecule has 1 aliphatic rings. The summed E-state index contributed by atoms with van der Waals surface area (Å²) in [5, 5.41) is 3.55. The van der Waals surface area contributed by atoms with Crippen molar-refractivity contribution in [3.8, 4) is 0 Å². The van der Waals surface area contributed by atoms with Crippen molar-refractivity contribution in [3.63, 3.8) is 0 Å². The quantitative estimate of drug-likeness (QED) is 0.729. The van der Waals surface area contributed by atoms with Gasteiger partial charge in [-0.1, -0.05) is 20.3 Å². The van der Waals surface area contributed by atoms with E-state index >= 15 is 0 Å². The Morgan fingerprint density at radius 2 is 2.07 bits per heavy atom. The van der Waals surface area contributed by atoms with Crippen LogP contribution in [0.3, 0.4) is 0 Å². The minimum atomic E-state index is 0.402. The predicted octanol–water partition coefficient (Wildman–Crippen LogP) is 2.25. The summed E-state index contributed by atoms with van der Waals surface area (Å²) in [5.74, 6) is 0. The van der Waals surface area contributed by atoms with E-state index in [9.17, 15) is 0 Å². The van der Waals surface area contributed by atoms with Crippen LogP contribution < -0.4 is 5.32 Å². The van der Waals surface area contributed by atoms with Gasteiger partial charge in [-0.2, -0.15) is 0 Å². The smallest absolute Gasteiger partial charge is 0.0207 e. The molecule has 1 heterocycles. The molecule has 0 amide bonds. The molecule has 0 radical (unpaired) electrons. The summed E-state index contributed by atoms with van der Waals surface area (Å²) < 4.78 is 0. The normalized spacial score (nSPS) is 24.4. The fraction of sp³-hybridized carbons (Fsp3) is 1.00. The lowest BCUT2D eigenvalue weighted by Crippen LogP contribution is -2.44. The second kappa shape index (κ2) is 5.13. The average Bonchev–Trinajstić information content (AvgIpc) is 2.54.